The summed E-state index contributed by atoms with van der Waals surface area (Å²) < 4.78 is 11.9. The Bertz CT molecular complexity index is 1060. The zero-order valence-electron chi connectivity index (χ0n) is 25.6. The first-order valence-corrected chi connectivity index (χ1v) is 16.3. The fraction of sp³-hybridized carbons (Fsp3) is 0.812. The molecule has 4 aliphatic carbocycles. The number of thioether (sulfide) groups is 1. The van der Waals surface area contributed by atoms with Gasteiger partial charge >= 0.3 is 11.9 Å². The molecule has 230 valence electrons. The zero-order chi connectivity index (χ0) is 30.3. The molecule has 41 heavy (non-hydrogen) atoms. The van der Waals surface area contributed by atoms with E-state index >= 15 is 0 Å². The van der Waals surface area contributed by atoms with Crippen molar-refractivity contribution in [1.82, 2.24) is 5.32 Å². The SMILES string of the molecule is C=C[C@]1(C)C[C@@H](OC(=O)CS[C@H]2C[C@H](NC(C)=O)CC[C@@H]2OC(C)=O)[C@]2(C)C(C)CCC3(CCC(=O)[C@H]32)[C@@H](C)[C@@H]1O. The number of amides is 1. The number of hydrogen-bond acceptors (Lipinski definition) is 8. The van der Waals surface area contributed by atoms with Crippen molar-refractivity contribution in [3.63, 3.8) is 0 Å². The summed E-state index contributed by atoms with van der Waals surface area (Å²) in [7, 11) is 0. The van der Waals surface area contributed by atoms with Gasteiger partial charge in [-0.05, 0) is 62.2 Å². The molecule has 4 aliphatic rings. The van der Waals surface area contributed by atoms with Crippen molar-refractivity contribution in [2.45, 2.75) is 123 Å². The first kappa shape index (κ1) is 32.1. The summed E-state index contributed by atoms with van der Waals surface area (Å²) in [5.41, 5.74) is -1.57. The number of carbonyl (C=O) groups is 4. The molecule has 0 aliphatic heterocycles. The van der Waals surface area contributed by atoms with E-state index in [2.05, 4.69) is 32.7 Å². The van der Waals surface area contributed by atoms with Crippen LogP contribution in [0.25, 0.3) is 0 Å². The Balaban J connectivity index is 1.58. The highest BCUT2D eigenvalue weighted by Crippen LogP contribution is 2.68. The molecule has 2 N–H and O–H groups in total. The van der Waals surface area contributed by atoms with E-state index in [4.69, 9.17) is 9.47 Å². The third-order valence-electron chi connectivity index (χ3n) is 11.4. The molecule has 0 saturated heterocycles. The van der Waals surface area contributed by atoms with Gasteiger partial charge in [0.2, 0.25) is 5.91 Å². The van der Waals surface area contributed by atoms with Crippen molar-refractivity contribution in [3.8, 4) is 0 Å². The van der Waals surface area contributed by atoms with Crippen molar-refractivity contribution in [3.05, 3.63) is 12.7 Å². The Kier molecular flexibility index (Phi) is 9.40. The molecule has 11 atom stereocenters. The number of rotatable bonds is 7. The van der Waals surface area contributed by atoms with E-state index in [-0.39, 0.29) is 69.9 Å². The Morgan fingerprint density at radius 2 is 1.83 bits per heavy atom. The molecule has 0 aromatic rings. The van der Waals surface area contributed by atoms with Gasteiger partial charge in [-0.1, -0.05) is 33.8 Å². The summed E-state index contributed by atoms with van der Waals surface area (Å²) >= 11 is 1.39. The van der Waals surface area contributed by atoms with Crippen molar-refractivity contribution in [1.29, 1.82) is 0 Å². The molecule has 2 bridgehead atoms. The Morgan fingerprint density at radius 1 is 1.12 bits per heavy atom. The topological polar surface area (TPSA) is 119 Å². The van der Waals surface area contributed by atoms with Crippen molar-refractivity contribution in [2.24, 2.45) is 34.0 Å². The van der Waals surface area contributed by atoms with Crippen LogP contribution < -0.4 is 5.32 Å². The minimum Gasteiger partial charge on any atom is -0.461 e. The molecule has 1 amide bonds. The van der Waals surface area contributed by atoms with Crippen molar-refractivity contribution in [2.75, 3.05) is 5.75 Å². The number of ether oxygens (including phenoxy) is 2. The lowest BCUT2D eigenvalue weighted by Gasteiger charge is -2.61. The van der Waals surface area contributed by atoms with E-state index in [0.29, 0.717) is 32.1 Å². The second kappa shape index (κ2) is 12.0. The van der Waals surface area contributed by atoms with Crippen LogP contribution in [0.4, 0.5) is 0 Å². The maximum Gasteiger partial charge on any atom is 0.316 e. The molecule has 4 rings (SSSR count). The van der Waals surface area contributed by atoms with Crippen LogP contribution in [0.15, 0.2) is 12.7 Å². The fourth-order valence-corrected chi connectivity index (χ4v) is 10.1. The average molecular weight is 592 g/mol. The highest BCUT2D eigenvalue weighted by Gasteiger charge is 2.68. The van der Waals surface area contributed by atoms with Gasteiger partial charge < -0.3 is 19.9 Å². The van der Waals surface area contributed by atoms with Crippen LogP contribution in [-0.2, 0) is 28.7 Å². The minimum atomic E-state index is -0.709. The molecule has 9 heteroatoms. The van der Waals surface area contributed by atoms with Crippen LogP contribution in [0.3, 0.4) is 0 Å². The molecule has 8 nitrogen and oxygen atoms in total. The molecule has 2 unspecified atom stereocenters. The maximum absolute atomic E-state index is 13.6. The largest absolute Gasteiger partial charge is 0.461 e. The maximum atomic E-state index is 13.6. The third-order valence-corrected chi connectivity index (χ3v) is 12.8. The number of aliphatic hydroxyl groups excluding tert-OH is 1. The predicted octanol–water partition coefficient (Wildman–Crippen LogP) is 4.62. The van der Waals surface area contributed by atoms with Gasteiger partial charge in [-0.25, -0.2) is 0 Å². The smallest absolute Gasteiger partial charge is 0.316 e. The number of hydrogen-bond donors (Lipinski definition) is 2. The van der Waals surface area contributed by atoms with Gasteiger partial charge in [-0.15, -0.1) is 18.3 Å². The molecule has 4 fully saturated rings. The number of carbonyl (C=O) groups excluding carboxylic acids is 4. The van der Waals surface area contributed by atoms with E-state index in [1.54, 1.807) is 6.08 Å². The molecular formula is C32H49NO7S. The number of aliphatic hydroxyl groups is 1. The van der Waals surface area contributed by atoms with Crippen LogP contribution in [0.2, 0.25) is 0 Å². The van der Waals surface area contributed by atoms with E-state index < -0.39 is 23.0 Å². The number of esters is 2. The van der Waals surface area contributed by atoms with Crippen LogP contribution in [0.5, 0.6) is 0 Å². The number of Topliss-reactive ketones (excluding diaryl/α,β-unsaturated/α-hetero) is 1. The van der Waals surface area contributed by atoms with Gasteiger partial charge in [0.05, 0.1) is 11.9 Å². The van der Waals surface area contributed by atoms with E-state index in [0.717, 1.165) is 19.3 Å². The van der Waals surface area contributed by atoms with Crippen LogP contribution in [0.1, 0.15) is 92.9 Å². The van der Waals surface area contributed by atoms with E-state index in [1.165, 1.54) is 25.6 Å². The molecule has 0 aromatic heterocycles. The highest BCUT2D eigenvalue weighted by atomic mass is 32.2. The van der Waals surface area contributed by atoms with E-state index in [9.17, 15) is 24.3 Å². The van der Waals surface area contributed by atoms with Crippen molar-refractivity contribution >= 4 is 35.4 Å². The van der Waals surface area contributed by atoms with Gasteiger partial charge in [0.15, 0.2) is 0 Å². The van der Waals surface area contributed by atoms with Gasteiger partial charge in [0, 0.05) is 48.3 Å². The number of nitrogens with one attached hydrogen (secondary N) is 1. The Labute approximate surface area is 249 Å². The standard InChI is InChI=1S/C32H49NO7S/c1-8-30(6)16-26(31(7)18(2)11-13-32(19(3)29(30)38)14-12-23(36)28(31)32)40-27(37)17-41-25-15-22(33-20(4)34)9-10-24(25)39-21(5)35/h8,18-19,22,24-26,28-29,38H,1,9-17H2,2-7H3,(H,33,34)/t18?,19-,22+,24-,25-,26+,28-,29-,30+,31-,32?/m0/s1. The number of ketones is 1. The minimum absolute atomic E-state index is 0.0429. The molecule has 0 aromatic carbocycles. The molecule has 0 heterocycles. The van der Waals surface area contributed by atoms with Crippen LogP contribution in [0, 0.1) is 34.0 Å². The lowest BCUT2D eigenvalue weighted by atomic mass is 9.44. The normalized spacial score (nSPS) is 44.1. The lowest BCUT2D eigenvalue weighted by Crippen LogP contribution is -2.63. The summed E-state index contributed by atoms with van der Waals surface area (Å²) in [5, 5.41) is 14.5. The summed E-state index contributed by atoms with van der Waals surface area (Å²) in [6.45, 7) is 15.3. The van der Waals surface area contributed by atoms with Gasteiger partial charge in [-0.2, -0.15) is 0 Å². The quantitative estimate of drug-likeness (QED) is 0.325. The second-order valence-corrected chi connectivity index (χ2v) is 15.0. The third kappa shape index (κ3) is 5.86. The summed E-state index contributed by atoms with van der Waals surface area (Å²) in [4.78, 5) is 50.6. The fourth-order valence-electron chi connectivity index (χ4n) is 8.91. The highest BCUT2D eigenvalue weighted by molar-refractivity contribution is 8.00. The molecule has 0 radical (unpaired) electrons. The van der Waals surface area contributed by atoms with Crippen LogP contribution >= 0.6 is 11.8 Å². The average Bonchev–Trinajstić information content (AvgIpc) is 3.26. The Morgan fingerprint density at radius 3 is 2.46 bits per heavy atom. The van der Waals surface area contributed by atoms with E-state index in [1.807, 2.05) is 6.92 Å². The lowest BCUT2D eigenvalue weighted by molar-refractivity contribution is -0.205. The van der Waals surface area contributed by atoms with Gasteiger partial charge in [0.1, 0.15) is 18.0 Å². The summed E-state index contributed by atoms with van der Waals surface area (Å²) in [5.74, 6) is -0.758. The second-order valence-electron chi connectivity index (χ2n) is 13.8. The Hall–Kier alpha value is -1.87. The molecular weight excluding hydrogens is 542 g/mol. The zero-order valence-corrected chi connectivity index (χ0v) is 26.4. The molecule has 0 spiro atoms. The predicted molar refractivity (Wildman–Crippen MR) is 158 cm³/mol. The van der Waals surface area contributed by atoms with Crippen molar-refractivity contribution < 1.29 is 33.8 Å². The monoisotopic (exact) mass is 591 g/mol. The first-order chi connectivity index (χ1) is 19.2. The summed E-state index contributed by atoms with van der Waals surface area (Å²) in [6, 6.07) is -0.0429. The molecule has 4 saturated carbocycles. The summed E-state index contributed by atoms with van der Waals surface area (Å²) in [6.07, 6.45) is 5.54. The first-order valence-electron chi connectivity index (χ1n) is 15.3. The van der Waals surface area contributed by atoms with Gasteiger partial charge in [0.25, 0.3) is 0 Å². The van der Waals surface area contributed by atoms with Crippen LogP contribution in [-0.4, -0.2) is 64.1 Å². The van der Waals surface area contributed by atoms with Gasteiger partial charge in [-0.3, -0.25) is 19.2 Å².